The first-order valence-corrected chi connectivity index (χ1v) is 9.03. The van der Waals surface area contributed by atoms with E-state index in [1.54, 1.807) is 6.92 Å². The molecule has 0 bridgehead atoms. The molecule has 1 unspecified atom stereocenters. The quantitative estimate of drug-likeness (QED) is 0.299. The van der Waals surface area contributed by atoms with Crippen molar-refractivity contribution in [2.75, 3.05) is 0 Å². The van der Waals surface area contributed by atoms with Crippen LogP contribution in [0.2, 0.25) is 0 Å². The maximum Gasteiger partial charge on any atom is 0.330 e. The second kappa shape index (κ2) is 14.2. The van der Waals surface area contributed by atoms with Crippen LogP contribution in [0.15, 0.2) is 11.6 Å². The molecular weight excluding hydrogens is 260 g/mol. The van der Waals surface area contributed by atoms with Gasteiger partial charge in [0.1, 0.15) is 0 Å². The van der Waals surface area contributed by atoms with Crippen molar-refractivity contribution in [1.82, 2.24) is 0 Å². The zero-order chi connectivity index (χ0) is 15.9. The van der Waals surface area contributed by atoms with Crippen molar-refractivity contribution in [3.63, 3.8) is 0 Å². The molecule has 0 saturated carbocycles. The highest BCUT2D eigenvalue weighted by atomic mass is 16.4. The summed E-state index contributed by atoms with van der Waals surface area (Å²) in [6.07, 6.45) is 17.5. The number of hydrogen-bond donors (Lipinski definition) is 1. The molecule has 0 aromatic carbocycles. The molecule has 2 heteroatoms. The summed E-state index contributed by atoms with van der Waals surface area (Å²) in [7, 11) is 0. The maximum atomic E-state index is 10.9. The van der Waals surface area contributed by atoms with Gasteiger partial charge in [-0.3, -0.25) is 0 Å². The van der Waals surface area contributed by atoms with Gasteiger partial charge in [-0.2, -0.15) is 0 Å². The molecule has 124 valence electrons. The fourth-order valence-electron chi connectivity index (χ4n) is 2.82. The lowest BCUT2D eigenvalue weighted by Crippen LogP contribution is -2.02. The topological polar surface area (TPSA) is 37.3 Å². The number of rotatable bonds is 14. The minimum atomic E-state index is -0.775. The number of hydrogen-bond acceptors (Lipinski definition) is 1. The molecule has 0 aliphatic carbocycles. The summed E-state index contributed by atoms with van der Waals surface area (Å²) >= 11 is 0. The monoisotopic (exact) mass is 296 g/mol. The van der Waals surface area contributed by atoms with Gasteiger partial charge in [-0.1, -0.05) is 84.1 Å². The van der Waals surface area contributed by atoms with E-state index < -0.39 is 5.97 Å². The maximum absolute atomic E-state index is 10.9. The standard InChI is InChI=1S/C19H36O2/c1-4-6-7-8-9-10-11-12-13-15-18(14-5-2)16-17(3)19(20)21/h16,18H,4-15H2,1-3H3,(H,20,21). The molecule has 0 spiro atoms. The van der Waals surface area contributed by atoms with Gasteiger partial charge in [-0.05, 0) is 25.7 Å². The third-order valence-corrected chi connectivity index (χ3v) is 4.16. The summed E-state index contributed by atoms with van der Waals surface area (Å²) in [6.45, 7) is 6.14. The smallest absolute Gasteiger partial charge is 0.330 e. The van der Waals surface area contributed by atoms with Gasteiger partial charge < -0.3 is 5.11 Å². The van der Waals surface area contributed by atoms with E-state index >= 15 is 0 Å². The molecule has 0 fully saturated rings. The van der Waals surface area contributed by atoms with E-state index in [2.05, 4.69) is 13.8 Å². The van der Waals surface area contributed by atoms with Crippen LogP contribution in [-0.2, 0) is 4.79 Å². The van der Waals surface area contributed by atoms with Crippen LogP contribution < -0.4 is 0 Å². The fraction of sp³-hybridized carbons (Fsp3) is 0.842. The van der Waals surface area contributed by atoms with Crippen LogP contribution in [0.1, 0.15) is 97.8 Å². The molecule has 0 heterocycles. The number of carboxylic acids is 1. The van der Waals surface area contributed by atoms with E-state index in [0.717, 1.165) is 19.3 Å². The fourth-order valence-corrected chi connectivity index (χ4v) is 2.82. The molecule has 0 aliphatic rings. The first-order chi connectivity index (χ1) is 10.1. The molecule has 0 aromatic heterocycles. The van der Waals surface area contributed by atoms with Crippen LogP contribution in [0, 0.1) is 5.92 Å². The Bertz CT molecular complexity index is 281. The molecule has 0 rings (SSSR count). The van der Waals surface area contributed by atoms with Gasteiger partial charge in [0.25, 0.3) is 0 Å². The first kappa shape index (κ1) is 20.2. The minimum absolute atomic E-state index is 0.454. The van der Waals surface area contributed by atoms with Gasteiger partial charge in [-0.25, -0.2) is 4.79 Å². The number of aliphatic carboxylic acids is 1. The molecule has 1 atom stereocenters. The Morgan fingerprint density at radius 3 is 1.86 bits per heavy atom. The number of carbonyl (C=O) groups is 1. The predicted molar refractivity (Wildman–Crippen MR) is 91.6 cm³/mol. The largest absolute Gasteiger partial charge is 0.478 e. The Morgan fingerprint density at radius 1 is 0.857 bits per heavy atom. The lowest BCUT2D eigenvalue weighted by Gasteiger charge is -2.12. The van der Waals surface area contributed by atoms with Gasteiger partial charge in [-0.15, -0.1) is 0 Å². The van der Waals surface area contributed by atoms with E-state index in [1.165, 1.54) is 57.8 Å². The van der Waals surface area contributed by atoms with E-state index in [1.807, 2.05) is 6.08 Å². The van der Waals surface area contributed by atoms with Crippen molar-refractivity contribution in [2.24, 2.45) is 5.92 Å². The van der Waals surface area contributed by atoms with Crippen LogP contribution in [0.3, 0.4) is 0 Å². The van der Waals surface area contributed by atoms with Gasteiger partial charge >= 0.3 is 5.97 Å². The molecule has 0 aromatic rings. The summed E-state index contributed by atoms with van der Waals surface area (Å²) in [5, 5.41) is 8.96. The van der Waals surface area contributed by atoms with Crippen LogP contribution in [-0.4, -0.2) is 11.1 Å². The average Bonchev–Trinajstić information content (AvgIpc) is 2.45. The lowest BCUT2D eigenvalue weighted by atomic mass is 9.94. The van der Waals surface area contributed by atoms with Crippen molar-refractivity contribution in [2.45, 2.75) is 97.8 Å². The van der Waals surface area contributed by atoms with E-state index in [9.17, 15) is 4.79 Å². The molecule has 21 heavy (non-hydrogen) atoms. The zero-order valence-electron chi connectivity index (χ0n) is 14.5. The predicted octanol–water partition coefficient (Wildman–Crippen LogP) is 6.35. The summed E-state index contributed by atoms with van der Waals surface area (Å²) in [5.41, 5.74) is 0.504. The highest BCUT2D eigenvalue weighted by molar-refractivity contribution is 5.85. The molecule has 2 nitrogen and oxygen atoms in total. The Kier molecular flexibility index (Phi) is 13.6. The normalized spacial score (nSPS) is 13.4. The average molecular weight is 296 g/mol. The molecule has 0 saturated heterocycles. The highest BCUT2D eigenvalue weighted by Gasteiger charge is 2.08. The molecule has 0 amide bonds. The lowest BCUT2D eigenvalue weighted by molar-refractivity contribution is -0.132. The molecular formula is C19H36O2. The van der Waals surface area contributed by atoms with Crippen molar-refractivity contribution >= 4 is 5.97 Å². The van der Waals surface area contributed by atoms with Gasteiger partial charge in [0.2, 0.25) is 0 Å². The number of unbranched alkanes of at least 4 members (excludes halogenated alkanes) is 8. The summed E-state index contributed by atoms with van der Waals surface area (Å²) in [5.74, 6) is -0.321. The van der Waals surface area contributed by atoms with Crippen LogP contribution in [0.5, 0.6) is 0 Å². The summed E-state index contributed by atoms with van der Waals surface area (Å²) in [4.78, 5) is 10.9. The molecule has 1 N–H and O–H groups in total. The minimum Gasteiger partial charge on any atom is -0.478 e. The van der Waals surface area contributed by atoms with Gasteiger partial charge in [0, 0.05) is 5.57 Å². The van der Waals surface area contributed by atoms with Crippen molar-refractivity contribution in [3.8, 4) is 0 Å². The first-order valence-electron chi connectivity index (χ1n) is 9.03. The van der Waals surface area contributed by atoms with E-state index in [0.29, 0.717) is 11.5 Å². The zero-order valence-corrected chi connectivity index (χ0v) is 14.5. The Balaban J connectivity index is 3.70. The van der Waals surface area contributed by atoms with Crippen molar-refractivity contribution < 1.29 is 9.90 Å². The highest BCUT2D eigenvalue weighted by Crippen LogP contribution is 2.20. The van der Waals surface area contributed by atoms with Crippen LogP contribution >= 0.6 is 0 Å². The Labute approximate surface area is 132 Å². The third kappa shape index (κ3) is 12.6. The second-order valence-electron chi connectivity index (χ2n) is 6.32. The van der Waals surface area contributed by atoms with E-state index in [-0.39, 0.29) is 0 Å². The Morgan fingerprint density at radius 2 is 1.38 bits per heavy atom. The number of carboxylic acid groups (broad SMARTS) is 1. The van der Waals surface area contributed by atoms with Gasteiger partial charge in [0.05, 0.1) is 0 Å². The van der Waals surface area contributed by atoms with Crippen LogP contribution in [0.25, 0.3) is 0 Å². The third-order valence-electron chi connectivity index (χ3n) is 4.16. The van der Waals surface area contributed by atoms with Crippen LogP contribution in [0.4, 0.5) is 0 Å². The summed E-state index contributed by atoms with van der Waals surface area (Å²) < 4.78 is 0. The SMILES string of the molecule is CCCCCCCCCCCC(C=C(C)C(=O)O)CCC. The van der Waals surface area contributed by atoms with E-state index in [4.69, 9.17) is 5.11 Å². The van der Waals surface area contributed by atoms with Crippen molar-refractivity contribution in [1.29, 1.82) is 0 Å². The number of allylic oxidation sites excluding steroid dienone is 1. The summed E-state index contributed by atoms with van der Waals surface area (Å²) in [6, 6.07) is 0. The molecule has 0 aliphatic heterocycles. The Hall–Kier alpha value is -0.790. The van der Waals surface area contributed by atoms with Crippen molar-refractivity contribution in [3.05, 3.63) is 11.6 Å². The molecule has 0 radical (unpaired) electrons. The van der Waals surface area contributed by atoms with Gasteiger partial charge in [0.15, 0.2) is 0 Å². The second-order valence-corrected chi connectivity index (χ2v) is 6.32.